The first-order valence-corrected chi connectivity index (χ1v) is 11.9. The summed E-state index contributed by atoms with van der Waals surface area (Å²) in [6, 6.07) is 18.8. The summed E-state index contributed by atoms with van der Waals surface area (Å²) in [5.41, 5.74) is 3.39. The summed E-state index contributed by atoms with van der Waals surface area (Å²) in [5.74, 6) is 0.748. The van der Waals surface area contributed by atoms with Gasteiger partial charge in [0.1, 0.15) is 12.4 Å². The van der Waals surface area contributed by atoms with Gasteiger partial charge < -0.3 is 4.74 Å². The number of nitrogens with zero attached hydrogens (tertiary/aromatic N) is 2. The molecule has 0 saturated carbocycles. The molecule has 5 rings (SSSR count). The Balaban J connectivity index is 1.44. The number of aromatic nitrogens is 2. The maximum Gasteiger partial charge on any atom is 0.274 e. The number of benzene rings is 3. The highest BCUT2D eigenvalue weighted by atomic mass is 127. The molecule has 0 bridgehead atoms. The summed E-state index contributed by atoms with van der Waals surface area (Å²) in [5, 5.41) is 1.17. The number of halogens is 3. The van der Waals surface area contributed by atoms with Crippen LogP contribution < -0.4 is 14.8 Å². The van der Waals surface area contributed by atoms with Crippen molar-refractivity contribution in [2.45, 2.75) is 6.61 Å². The van der Waals surface area contributed by atoms with Crippen molar-refractivity contribution in [1.29, 1.82) is 0 Å². The van der Waals surface area contributed by atoms with Gasteiger partial charge in [-0.05, 0) is 70.6 Å². The molecule has 0 atom stereocenters. The zero-order valence-corrected chi connectivity index (χ0v) is 20.3. The Morgan fingerprint density at radius 1 is 1.10 bits per heavy atom. The summed E-state index contributed by atoms with van der Waals surface area (Å²) in [4.78, 5) is 18.2. The van der Waals surface area contributed by atoms with Gasteiger partial charge in [0.05, 0.1) is 19.1 Å². The number of hydrogen-bond donors (Lipinski definition) is 0. The predicted molar refractivity (Wildman–Crippen MR) is 136 cm³/mol. The molecule has 4 nitrogen and oxygen atoms in total. The molecule has 0 radical (unpaired) electrons. The lowest BCUT2D eigenvalue weighted by atomic mass is 10.2. The summed E-state index contributed by atoms with van der Waals surface area (Å²) in [6.45, 7) is 0.342. The average Bonchev–Trinajstić information content (AvgIpc) is 3.25. The lowest BCUT2D eigenvalue weighted by molar-refractivity contribution is 0.304. The lowest BCUT2D eigenvalue weighted by Gasteiger charge is -2.10. The minimum Gasteiger partial charge on any atom is -0.488 e. The second kappa shape index (κ2) is 8.43. The molecule has 31 heavy (non-hydrogen) atoms. The van der Waals surface area contributed by atoms with Crippen molar-refractivity contribution in [3.8, 4) is 5.75 Å². The van der Waals surface area contributed by atoms with Crippen LogP contribution in [-0.4, -0.2) is 9.38 Å². The molecule has 2 heterocycles. The first-order chi connectivity index (χ1) is 15.0. The van der Waals surface area contributed by atoms with E-state index in [0.717, 1.165) is 31.5 Å². The van der Waals surface area contributed by atoms with Crippen LogP contribution in [-0.2, 0) is 6.61 Å². The highest BCUT2D eigenvalue weighted by Crippen LogP contribution is 2.26. The number of rotatable bonds is 4. The van der Waals surface area contributed by atoms with Gasteiger partial charge >= 0.3 is 0 Å². The van der Waals surface area contributed by atoms with Crippen molar-refractivity contribution in [2.75, 3.05) is 0 Å². The van der Waals surface area contributed by atoms with Gasteiger partial charge in [-0.1, -0.05) is 58.8 Å². The van der Waals surface area contributed by atoms with Crippen LogP contribution in [0.15, 0.2) is 65.5 Å². The van der Waals surface area contributed by atoms with E-state index in [1.165, 1.54) is 11.3 Å². The lowest BCUT2D eigenvalue weighted by Crippen LogP contribution is -2.22. The topological polar surface area (TPSA) is 43.6 Å². The van der Waals surface area contributed by atoms with Crippen molar-refractivity contribution in [3.05, 3.63) is 100 Å². The van der Waals surface area contributed by atoms with Crippen LogP contribution in [0, 0.1) is 3.57 Å². The fraction of sp³-hybridized carbons (Fsp3) is 0.0435. The number of para-hydroxylation sites is 2. The zero-order chi connectivity index (χ0) is 21.5. The third-order valence-electron chi connectivity index (χ3n) is 4.80. The van der Waals surface area contributed by atoms with Gasteiger partial charge in [-0.3, -0.25) is 4.79 Å². The second-order valence-electron chi connectivity index (χ2n) is 6.85. The van der Waals surface area contributed by atoms with E-state index in [1.54, 1.807) is 16.5 Å². The Labute approximate surface area is 204 Å². The maximum atomic E-state index is 12.9. The van der Waals surface area contributed by atoms with Crippen LogP contribution in [0.5, 0.6) is 5.75 Å². The average molecular weight is 579 g/mol. The number of fused-ring (bicyclic) bond motifs is 3. The van der Waals surface area contributed by atoms with Gasteiger partial charge in [-0.2, -0.15) is 0 Å². The summed E-state index contributed by atoms with van der Waals surface area (Å²) in [7, 11) is 0. The van der Waals surface area contributed by atoms with Crippen molar-refractivity contribution < 1.29 is 4.74 Å². The van der Waals surface area contributed by atoms with Crippen LogP contribution in [0.4, 0.5) is 0 Å². The Hall–Kier alpha value is -2.13. The largest absolute Gasteiger partial charge is 0.488 e. The van der Waals surface area contributed by atoms with E-state index < -0.39 is 0 Å². The highest BCUT2D eigenvalue weighted by Gasteiger charge is 2.11. The van der Waals surface area contributed by atoms with Gasteiger partial charge in [0, 0.05) is 15.6 Å². The first-order valence-electron chi connectivity index (χ1n) is 9.27. The molecule has 0 aliphatic heterocycles. The number of ether oxygens (including phenoxy) is 1. The normalized spacial score (nSPS) is 12.2. The van der Waals surface area contributed by atoms with Gasteiger partial charge in [-0.15, -0.1) is 0 Å². The smallest absolute Gasteiger partial charge is 0.274 e. The molecular formula is C23H13Cl2IN2O2S. The molecule has 0 unspecified atom stereocenters. The molecule has 8 heteroatoms. The van der Waals surface area contributed by atoms with E-state index in [-0.39, 0.29) is 5.56 Å². The molecule has 0 N–H and O–H groups in total. The third kappa shape index (κ3) is 4.05. The van der Waals surface area contributed by atoms with Gasteiger partial charge in [-0.25, -0.2) is 9.38 Å². The summed E-state index contributed by atoms with van der Waals surface area (Å²) in [6.07, 6.45) is 1.89. The first kappa shape index (κ1) is 20.8. The maximum absolute atomic E-state index is 12.9. The molecule has 2 aromatic heterocycles. The molecule has 0 spiro atoms. The molecule has 0 aliphatic carbocycles. The fourth-order valence-corrected chi connectivity index (χ4v) is 5.43. The molecule has 0 amide bonds. The monoisotopic (exact) mass is 578 g/mol. The number of hydrogen-bond acceptors (Lipinski definition) is 4. The highest BCUT2D eigenvalue weighted by molar-refractivity contribution is 14.1. The Morgan fingerprint density at radius 2 is 1.94 bits per heavy atom. The Kier molecular flexibility index (Phi) is 5.64. The minimum atomic E-state index is -0.0542. The van der Waals surface area contributed by atoms with Crippen molar-refractivity contribution in [2.24, 2.45) is 0 Å². The fourth-order valence-electron chi connectivity index (χ4n) is 3.28. The van der Waals surface area contributed by atoms with Gasteiger partial charge in [0.15, 0.2) is 4.96 Å². The molecule has 0 fully saturated rings. The van der Waals surface area contributed by atoms with Crippen LogP contribution in [0.2, 0.25) is 10.0 Å². The quantitative estimate of drug-likeness (QED) is 0.248. The van der Waals surface area contributed by atoms with E-state index in [2.05, 4.69) is 27.6 Å². The van der Waals surface area contributed by atoms with E-state index in [0.29, 0.717) is 26.1 Å². The Bertz CT molecular complexity index is 1560. The van der Waals surface area contributed by atoms with E-state index in [9.17, 15) is 4.79 Å². The van der Waals surface area contributed by atoms with Crippen molar-refractivity contribution in [1.82, 2.24) is 9.38 Å². The second-order valence-corrected chi connectivity index (χ2v) is 9.86. The van der Waals surface area contributed by atoms with Crippen LogP contribution in [0.3, 0.4) is 0 Å². The molecule has 154 valence electrons. The third-order valence-corrected chi connectivity index (χ3v) is 7.20. The molecule has 0 saturated heterocycles. The summed E-state index contributed by atoms with van der Waals surface area (Å²) < 4.78 is 9.19. The van der Waals surface area contributed by atoms with Gasteiger partial charge in [0.2, 0.25) is 0 Å². The molecule has 3 aromatic carbocycles. The number of imidazole rings is 1. The van der Waals surface area contributed by atoms with Crippen molar-refractivity contribution in [3.63, 3.8) is 0 Å². The van der Waals surface area contributed by atoms with Crippen LogP contribution in [0.25, 0.3) is 22.1 Å². The number of thiazole rings is 1. The van der Waals surface area contributed by atoms with E-state index in [4.69, 9.17) is 27.9 Å². The molecule has 0 aliphatic rings. The SMILES string of the molecule is O=c1/c(=C/c2ccc(OCc3ccc(Cl)cc3Cl)c(I)c2)sc2nc3ccccc3n12. The van der Waals surface area contributed by atoms with Crippen molar-refractivity contribution >= 4 is 79.2 Å². The van der Waals surface area contributed by atoms with Crippen LogP contribution in [0.1, 0.15) is 11.1 Å². The zero-order valence-electron chi connectivity index (χ0n) is 15.8. The minimum absolute atomic E-state index is 0.0542. The van der Waals surface area contributed by atoms with E-state index >= 15 is 0 Å². The van der Waals surface area contributed by atoms with Crippen LogP contribution >= 0.6 is 57.1 Å². The molecule has 5 aromatic rings. The molecular weight excluding hydrogens is 566 g/mol. The van der Waals surface area contributed by atoms with E-state index in [1.807, 2.05) is 54.6 Å². The Morgan fingerprint density at radius 3 is 2.74 bits per heavy atom. The standard InChI is InChI=1S/C23H13Cl2IN2O2S/c24-15-7-6-14(16(25)11-15)12-30-20-8-5-13(9-17(20)26)10-21-22(29)28-19-4-2-1-3-18(19)27-23(28)31-21/h1-11H,12H2/b21-10-. The predicted octanol–water partition coefficient (Wildman–Crippen LogP) is 5.95. The van der Waals surface area contributed by atoms with Gasteiger partial charge in [0.25, 0.3) is 5.56 Å². The summed E-state index contributed by atoms with van der Waals surface area (Å²) >= 11 is 15.8.